The van der Waals surface area contributed by atoms with Crippen molar-refractivity contribution in [3.05, 3.63) is 53.2 Å². The first kappa shape index (κ1) is 16.8. The van der Waals surface area contributed by atoms with E-state index in [-0.39, 0.29) is 0 Å². The predicted octanol–water partition coefficient (Wildman–Crippen LogP) is 4.61. The molecule has 1 fully saturated rings. The largest absolute Gasteiger partial charge is 0.372 e. The van der Waals surface area contributed by atoms with Gasteiger partial charge in [-0.05, 0) is 43.0 Å². The summed E-state index contributed by atoms with van der Waals surface area (Å²) in [5.41, 5.74) is 0.705. The molecule has 5 heteroatoms. The lowest BCUT2D eigenvalue weighted by atomic mass is 9.99. The summed E-state index contributed by atoms with van der Waals surface area (Å²) in [6.07, 6.45) is 1.63. The maximum atomic E-state index is 10.6. The Labute approximate surface area is 146 Å². The van der Waals surface area contributed by atoms with E-state index >= 15 is 0 Å². The normalized spacial score (nSPS) is 18.0. The molecular weight excluding hydrogens is 328 g/mol. The zero-order chi connectivity index (χ0) is 16.2. The number of aliphatic hydroxyl groups is 1. The van der Waals surface area contributed by atoms with E-state index in [1.165, 1.54) is 11.8 Å². The van der Waals surface area contributed by atoms with E-state index in [9.17, 15) is 5.11 Å². The topological polar surface area (TPSA) is 36.4 Å². The summed E-state index contributed by atoms with van der Waals surface area (Å²) in [7, 11) is 0. The first-order valence-corrected chi connectivity index (χ1v) is 9.14. The SMILES string of the molecule is CC1CCN(C(O)c2cccc(Sc3ccccc3Cl)n2)CC1. The monoisotopic (exact) mass is 348 g/mol. The second-order valence-electron chi connectivity index (χ2n) is 6.03. The summed E-state index contributed by atoms with van der Waals surface area (Å²) in [6.45, 7) is 4.11. The van der Waals surface area contributed by atoms with Crippen molar-refractivity contribution in [1.29, 1.82) is 0 Å². The van der Waals surface area contributed by atoms with E-state index in [4.69, 9.17) is 11.6 Å². The van der Waals surface area contributed by atoms with Crippen LogP contribution in [-0.2, 0) is 0 Å². The summed E-state index contributed by atoms with van der Waals surface area (Å²) in [5, 5.41) is 12.2. The number of hydrogen-bond acceptors (Lipinski definition) is 4. The summed E-state index contributed by atoms with van der Waals surface area (Å²) in [4.78, 5) is 7.69. The number of halogens is 1. The van der Waals surface area contributed by atoms with Gasteiger partial charge < -0.3 is 5.11 Å². The van der Waals surface area contributed by atoms with Gasteiger partial charge in [0.05, 0.1) is 10.7 Å². The molecule has 23 heavy (non-hydrogen) atoms. The second-order valence-corrected chi connectivity index (χ2v) is 7.49. The fraction of sp³-hybridized carbons (Fsp3) is 0.389. The average molecular weight is 349 g/mol. The molecule has 2 heterocycles. The van der Waals surface area contributed by atoms with Crippen LogP contribution >= 0.6 is 23.4 Å². The minimum Gasteiger partial charge on any atom is -0.372 e. The van der Waals surface area contributed by atoms with Gasteiger partial charge in [0.2, 0.25) is 0 Å². The molecule has 1 unspecified atom stereocenters. The van der Waals surface area contributed by atoms with Gasteiger partial charge in [-0.2, -0.15) is 0 Å². The van der Waals surface area contributed by atoms with Gasteiger partial charge in [0, 0.05) is 18.0 Å². The maximum absolute atomic E-state index is 10.6. The highest BCUT2D eigenvalue weighted by Crippen LogP contribution is 2.33. The number of rotatable bonds is 4. The zero-order valence-corrected chi connectivity index (χ0v) is 14.7. The van der Waals surface area contributed by atoms with E-state index in [1.54, 1.807) is 0 Å². The number of aromatic nitrogens is 1. The van der Waals surface area contributed by atoms with Crippen molar-refractivity contribution in [1.82, 2.24) is 9.88 Å². The van der Waals surface area contributed by atoms with Gasteiger partial charge in [-0.3, -0.25) is 4.90 Å². The number of likely N-dealkylation sites (tertiary alicyclic amines) is 1. The Morgan fingerprint density at radius 2 is 1.91 bits per heavy atom. The Bertz CT molecular complexity index is 659. The number of hydrogen-bond donors (Lipinski definition) is 1. The van der Waals surface area contributed by atoms with E-state index in [2.05, 4.69) is 16.8 Å². The molecule has 3 rings (SSSR count). The minimum atomic E-state index is -0.630. The molecule has 0 spiro atoms. The molecule has 1 aromatic carbocycles. The summed E-state index contributed by atoms with van der Waals surface area (Å²) >= 11 is 7.73. The molecule has 1 aliphatic rings. The lowest BCUT2D eigenvalue weighted by Crippen LogP contribution is -2.36. The Balaban J connectivity index is 1.73. The number of pyridine rings is 1. The van der Waals surface area contributed by atoms with Crippen LogP contribution < -0.4 is 0 Å². The summed E-state index contributed by atoms with van der Waals surface area (Å²) < 4.78 is 0. The van der Waals surface area contributed by atoms with E-state index < -0.39 is 6.23 Å². The third kappa shape index (κ3) is 4.27. The molecule has 0 amide bonds. The van der Waals surface area contributed by atoms with Crippen molar-refractivity contribution in [2.75, 3.05) is 13.1 Å². The molecule has 1 atom stereocenters. The highest BCUT2D eigenvalue weighted by molar-refractivity contribution is 7.99. The molecule has 1 N–H and O–H groups in total. The average Bonchev–Trinajstić information content (AvgIpc) is 2.57. The third-order valence-electron chi connectivity index (χ3n) is 4.22. The number of nitrogens with zero attached hydrogens (tertiary/aromatic N) is 2. The van der Waals surface area contributed by atoms with Crippen LogP contribution in [-0.4, -0.2) is 28.1 Å². The fourth-order valence-electron chi connectivity index (χ4n) is 2.73. The Kier molecular flexibility index (Phi) is 5.59. The highest BCUT2D eigenvalue weighted by atomic mass is 35.5. The van der Waals surface area contributed by atoms with Gasteiger partial charge in [0.15, 0.2) is 6.23 Å². The third-order valence-corrected chi connectivity index (χ3v) is 5.68. The van der Waals surface area contributed by atoms with E-state index in [0.717, 1.165) is 46.8 Å². The number of piperidine rings is 1. The molecule has 3 nitrogen and oxygen atoms in total. The fourth-order valence-corrected chi connectivity index (χ4v) is 3.82. The molecule has 122 valence electrons. The van der Waals surface area contributed by atoms with Gasteiger partial charge in [-0.1, -0.05) is 48.5 Å². The Morgan fingerprint density at radius 1 is 1.17 bits per heavy atom. The van der Waals surface area contributed by atoms with Crippen molar-refractivity contribution >= 4 is 23.4 Å². The zero-order valence-electron chi connectivity index (χ0n) is 13.2. The molecule has 1 saturated heterocycles. The van der Waals surface area contributed by atoms with Gasteiger partial charge in [0.1, 0.15) is 5.03 Å². The van der Waals surface area contributed by atoms with Crippen molar-refractivity contribution in [3.63, 3.8) is 0 Å². The van der Waals surface area contributed by atoms with E-state index in [0.29, 0.717) is 5.69 Å². The number of aliphatic hydroxyl groups excluding tert-OH is 1. The molecule has 0 bridgehead atoms. The maximum Gasteiger partial charge on any atom is 0.150 e. The lowest BCUT2D eigenvalue weighted by molar-refractivity contribution is -0.0206. The molecular formula is C18H21ClN2OS. The van der Waals surface area contributed by atoms with Crippen molar-refractivity contribution in [2.24, 2.45) is 5.92 Å². The molecule has 2 aromatic rings. The Hall–Kier alpha value is -1.07. The van der Waals surface area contributed by atoms with Crippen LogP contribution in [0.3, 0.4) is 0 Å². The Morgan fingerprint density at radius 3 is 2.65 bits per heavy atom. The van der Waals surface area contributed by atoms with Crippen LogP contribution in [0.1, 0.15) is 31.7 Å². The molecule has 0 aliphatic carbocycles. The van der Waals surface area contributed by atoms with Gasteiger partial charge in [-0.25, -0.2) is 4.98 Å². The predicted molar refractivity (Wildman–Crippen MR) is 94.7 cm³/mol. The van der Waals surface area contributed by atoms with Crippen LogP contribution in [0.25, 0.3) is 0 Å². The van der Waals surface area contributed by atoms with Gasteiger partial charge in [0.25, 0.3) is 0 Å². The van der Waals surface area contributed by atoms with Gasteiger partial charge >= 0.3 is 0 Å². The van der Waals surface area contributed by atoms with Crippen LogP contribution in [0.4, 0.5) is 0 Å². The standard InChI is InChI=1S/C18H21ClN2OS/c1-13-9-11-21(12-10-13)18(22)15-6-4-8-17(20-15)23-16-7-3-2-5-14(16)19/h2-8,13,18,22H,9-12H2,1H3. The molecule has 0 saturated carbocycles. The van der Waals surface area contributed by atoms with Gasteiger partial charge in [-0.15, -0.1) is 0 Å². The van der Waals surface area contributed by atoms with Crippen LogP contribution in [0.2, 0.25) is 5.02 Å². The molecule has 1 aromatic heterocycles. The van der Waals surface area contributed by atoms with Crippen LogP contribution in [0.5, 0.6) is 0 Å². The van der Waals surface area contributed by atoms with Crippen LogP contribution in [0.15, 0.2) is 52.4 Å². The van der Waals surface area contributed by atoms with Crippen molar-refractivity contribution in [3.8, 4) is 0 Å². The highest BCUT2D eigenvalue weighted by Gasteiger charge is 2.23. The molecule has 1 aliphatic heterocycles. The molecule has 0 radical (unpaired) electrons. The van der Waals surface area contributed by atoms with E-state index in [1.807, 2.05) is 42.5 Å². The second kappa shape index (κ2) is 7.67. The first-order chi connectivity index (χ1) is 11.1. The van der Waals surface area contributed by atoms with Crippen LogP contribution in [0, 0.1) is 5.92 Å². The van der Waals surface area contributed by atoms with Crippen molar-refractivity contribution < 1.29 is 5.11 Å². The number of benzene rings is 1. The quantitative estimate of drug-likeness (QED) is 0.875. The lowest BCUT2D eigenvalue weighted by Gasteiger charge is -2.33. The minimum absolute atomic E-state index is 0.630. The smallest absolute Gasteiger partial charge is 0.150 e. The summed E-state index contributed by atoms with van der Waals surface area (Å²) in [5.74, 6) is 0.744. The van der Waals surface area contributed by atoms with Crippen molar-refractivity contribution in [2.45, 2.75) is 35.9 Å². The first-order valence-electron chi connectivity index (χ1n) is 7.95. The summed E-state index contributed by atoms with van der Waals surface area (Å²) in [6, 6.07) is 13.5.